The zero-order valence-corrected chi connectivity index (χ0v) is 14.4. The van der Waals surface area contributed by atoms with E-state index in [2.05, 4.69) is 0 Å². The number of hydrogen-bond acceptors (Lipinski definition) is 3. The van der Waals surface area contributed by atoms with Gasteiger partial charge >= 0.3 is 0 Å². The average Bonchev–Trinajstić information content (AvgIpc) is 2.42. The van der Waals surface area contributed by atoms with E-state index < -0.39 is 21.0 Å². The number of amides is 1. The lowest BCUT2D eigenvalue weighted by Gasteiger charge is -2.32. The fraction of sp³-hybridized carbons (Fsp3) is 0.500. The minimum atomic E-state index is -3.44. The third-order valence-corrected chi connectivity index (χ3v) is 6.27. The Morgan fingerprint density at radius 1 is 1.38 bits per heavy atom. The highest BCUT2D eigenvalue weighted by atomic mass is 35.5. The highest BCUT2D eigenvalue weighted by molar-refractivity contribution is 7.92. The number of rotatable bonds is 2. The number of nitrogens with zero attached hydrogens (tertiary/aromatic N) is 1. The van der Waals surface area contributed by atoms with Gasteiger partial charge in [-0.3, -0.25) is 4.79 Å². The van der Waals surface area contributed by atoms with Crippen LogP contribution in [0.2, 0.25) is 10.0 Å². The van der Waals surface area contributed by atoms with Crippen molar-refractivity contribution < 1.29 is 13.2 Å². The van der Waals surface area contributed by atoms with Crippen LogP contribution in [0.5, 0.6) is 0 Å². The van der Waals surface area contributed by atoms with Crippen LogP contribution in [0.25, 0.3) is 0 Å². The second kappa shape index (κ2) is 5.78. The monoisotopic (exact) mass is 349 g/mol. The molecule has 2 rings (SSSR count). The molecule has 0 bridgehead atoms. The van der Waals surface area contributed by atoms with Crippen molar-refractivity contribution in [2.24, 2.45) is 0 Å². The van der Waals surface area contributed by atoms with Crippen LogP contribution in [-0.2, 0) is 21.1 Å². The molecule has 1 amide bonds. The molecule has 0 aliphatic carbocycles. The Labute approximate surface area is 134 Å². The summed E-state index contributed by atoms with van der Waals surface area (Å²) in [7, 11) is -3.44. The van der Waals surface area contributed by atoms with Gasteiger partial charge in [0.1, 0.15) is 5.25 Å². The van der Waals surface area contributed by atoms with Gasteiger partial charge in [0.2, 0.25) is 5.91 Å². The molecule has 1 aliphatic rings. The molecule has 0 radical (unpaired) electrons. The summed E-state index contributed by atoms with van der Waals surface area (Å²) >= 11 is 12.5. The topological polar surface area (TPSA) is 54.5 Å². The van der Waals surface area contributed by atoms with Gasteiger partial charge in [0, 0.05) is 23.5 Å². The van der Waals surface area contributed by atoms with E-state index in [1.54, 1.807) is 6.07 Å². The first-order chi connectivity index (χ1) is 9.64. The van der Waals surface area contributed by atoms with Crippen molar-refractivity contribution in [3.63, 3.8) is 0 Å². The fourth-order valence-corrected chi connectivity index (χ4v) is 3.44. The molecule has 4 nitrogen and oxygen atoms in total. The van der Waals surface area contributed by atoms with Gasteiger partial charge in [-0.2, -0.15) is 0 Å². The number of sulfone groups is 1. The van der Waals surface area contributed by atoms with Gasteiger partial charge < -0.3 is 4.90 Å². The summed E-state index contributed by atoms with van der Waals surface area (Å²) < 4.78 is 23.2. The predicted octanol–water partition coefficient (Wildman–Crippen LogP) is 3.01. The third-order valence-electron chi connectivity index (χ3n) is 3.88. The zero-order chi connectivity index (χ0) is 15.9. The van der Waals surface area contributed by atoms with E-state index in [9.17, 15) is 13.2 Å². The molecule has 7 heteroatoms. The molecule has 0 fully saturated rings. The van der Waals surface area contributed by atoms with Crippen molar-refractivity contribution in [2.45, 2.75) is 31.9 Å². The van der Waals surface area contributed by atoms with Crippen molar-refractivity contribution in [2.75, 3.05) is 17.7 Å². The highest BCUT2D eigenvalue weighted by Gasteiger charge is 2.32. The summed E-state index contributed by atoms with van der Waals surface area (Å²) in [4.78, 5) is 14.0. The first-order valence-corrected chi connectivity index (χ1v) is 9.33. The number of anilines is 1. The van der Waals surface area contributed by atoms with Crippen LogP contribution in [0.4, 0.5) is 5.69 Å². The highest BCUT2D eigenvalue weighted by Crippen LogP contribution is 2.39. The first-order valence-electron chi connectivity index (χ1n) is 6.62. The van der Waals surface area contributed by atoms with E-state index in [-0.39, 0.29) is 0 Å². The standard InChI is InChI=1S/C14H17Cl2NO3S/c1-8-11(15)7-12-10(13(8)16)5-4-6-17(12)14(18)9(2)21(3,19)20/h7,9H,4-6H2,1-3H3. The van der Waals surface area contributed by atoms with E-state index >= 15 is 0 Å². The van der Waals surface area contributed by atoms with Crippen LogP contribution in [0, 0.1) is 6.92 Å². The lowest BCUT2D eigenvalue weighted by molar-refractivity contribution is -0.118. The Morgan fingerprint density at radius 2 is 2.00 bits per heavy atom. The van der Waals surface area contributed by atoms with E-state index in [4.69, 9.17) is 23.2 Å². The molecule has 0 saturated carbocycles. The molecular weight excluding hydrogens is 333 g/mol. The van der Waals surface area contributed by atoms with Gasteiger partial charge in [-0.15, -0.1) is 0 Å². The number of benzene rings is 1. The Balaban J connectivity index is 2.51. The minimum Gasteiger partial charge on any atom is -0.311 e. The molecule has 1 unspecified atom stereocenters. The van der Waals surface area contributed by atoms with Crippen molar-refractivity contribution in [1.29, 1.82) is 0 Å². The molecule has 21 heavy (non-hydrogen) atoms. The van der Waals surface area contributed by atoms with Crippen molar-refractivity contribution in [3.05, 3.63) is 27.2 Å². The molecule has 0 saturated heterocycles. The van der Waals surface area contributed by atoms with Gasteiger partial charge in [-0.25, -0.2) is 8.42 Å². The fourth-order valence-electron chi connectivity index (χ4n) is 2.40. The van der Waals surface area contributed by atoms with Crippen LogP contribution in [0.3, 0.4) is 0 Å². The Hall–Kier alpha value is -0.780. The van der Waals surface area contributed by atoms with Gasteiger partial charge in [-0.1, -0.05) is 23.2 Å². The smallest absolute Gasteiger partial charge is 0.245 e. The second-order valence-corrected chi connectivity index (χ2v) is 8.51. The summed E-state index contributed by atoms with van der Waals surface area (Å²) in [5.41, 5.74) is 2.27. The summed E-state index contributed by atoms with van der Waals surface area (Å²) in [6.07, 6.45) is 2.56. The van der Waals surface area contributed by atoms with Crippen LogP contribution >= 0.6 is 23.2 Å². The number of carbonyl (C=O) groups excluding carboxylic acids is 1. The van der Waals surface area contributed by atoms with Gasteiger partial charge in [-0.05, 0) is 43.9 Å². The summed E-state index contributed by atoms with van der Waals surface area (Å²) in [6.45, 7) is 3.70. The summed E-state index contributed by atoms with van der Waals surface area (Å²) in [5, 5.41) is -0.0465. The van der Waals surface area contributed by atoms with Gasteiger partial charge in [0.25, 0.3) is 0 Å². The Bertz CT molecular complexity index is 701. The first kappa shape index (κ1) is 16.6. The predicted molar refractivity (Wildman–Crippen MR) is 86.2 cm³/mol. The Morgan fingerprint density at radius 3 is 2.57 bits per heavy atom. The maximum Gasteiger partial charge on any atom is 0.245 e. The van der Waals surface area contributed by atoms with E-state index in [0.717, 1.165) is 30.2 Å². The van der Waals surface area contributed by atoms with E-state index in [1.807, 2.05) is 6.92 Å². The molecule has 0 aromatic heterocycles. The number of fused-ring (bicyclic) bond motifs is 1. The number of carbonyl (C=O) groups is 1. The van der Waals surface area contributed by atoms with Crippen LogP contribution in [0.1, 0.15) is 24.5 Å². The molecule has 0 spiro atoms. The molecule has 1 heterocycles. The summed E-state index contributed by atoms with van der Waals surface area (Å²) in [6, 6.07) is 1.70. The van der Waals surface area contributed by atoms with Crippen molar-refractivity contribution in [3.8, 4) is 0 Å². The maximum absolute atomic E-state index is 12.5. The van der Waals surface area contributed by atoms with Crippen LogP contribution < -0.4 is 4.90 Å². The molecule has 1 atom stereocenters. The van der Waals surface area contributed by atoms with Crippen LogP contribution in [0.15, 0.2) is 6.07 Å². The largest absolute Gasteiger partial charge is 0.311 e. The Kier molecular flexibility index (Phi) is 4.57. The van der Waals surface area contributed by atoms with Gasteiger partial charge in [0.05, 0.1) is 5.02 Å². The maximum atomic E-state index is 12.5. The molecule has 1 aliphatic heterocycles. The molecule has 1 aromatic carbocycles. The van der Waals surface area contributed by atoms with Crippen LogP contribution in [-0.4, -0.2) is 32.4 Å². The number of halogens is 2. The average molecular weight is 350 g/mol. The quantitative estimate of drug-likeness (QED) is 0.824. The SMILES string of the molecule is Cc1c(Cl)cc2c(c1Cl)CCCN2C(=O)C(C)S(C)(=O)=O. The molecule has 1 aromatic rings. The van der Waals surface area contributed by atoms with E-state index in [1.165, 1.54) is 11.8 Å². The lowest BCUT2D eigenvalue weighted by atomic mass is 9.99. The lowest BCUT2D eigenvalue weighted by Crippen LogP contribution is -2.44. The molecule has 0 N–H and O–H groups in total. The van der Waals surface area contributed by atoms with E-state index in [0.29, 0.717) is 22.3 Å². The van der Waals surface area contributed by atoms with Gasteiger partial charge in [0.15, 0.2) is 9.84 Å². The molecular formula is C14H17Cl2NO3S. The third kappa shape index (κ3) is 3.05. The van der Waals surface area contributed by atoms with Crippen molar-refractivity contribution in [1.82, 2.24) is 0 Å². The van der Waals surface area contributed by atoms with Crippen molar-refractivity contribution >= 4 is 44.6 Å². The molecule has 116 valence electrons. The second-order valence-electron chi connectivity index (χ2n) is 5.36. The zero-order valence-electron chi connectivity index (χ0n) is 12.1. The number of hydrogen-bond donors (Lipinski definition) is 0. The summed E-state index contributed by atoms with van der Waals surface area (Å²) in [5.74, 6) is -0.436. The normalized spacial score (nSPS) is 16.5. The minimum absolute atomic E-state index is 0.436.